The fourth-order valence-electron chi connectivity index (χ4n) is 7.08. The average molecular weight is 880 g/mol. The Hall–Kier alpha value is -5.22. The van der Waals surface area contributed by atoms with Gasteiger partial charge in [-0.1, -0.05) is 95.3 Å². The van der Waals surface area contributed by atoms with E-state index in [4.69, 9.17) is 38.3 Å². The molecule has 0 aliphatic rings. The highest BCUT2D eigenvalue weighted by molar-refractivity contribution is 6.18. The fourth-order valence-corrected chi connectivity index (χ4v) is 7.48. The van der Waals surface area contributed by atoms with Crippen LogP contribution in [0.4, 0.5) is 11.4 Å². The van der Waals surface area contributed by atoms with Gasteiger partial charge in [-0.15, -0.1) is 23.2 Å². The number of hydrogen-bond acceptors (Lipinski definition) is 7. The number of aromatic nitrogens is 4. The van der Waals surface area contributed by atoms with E-state index in [2.05, 4.69) is 100 Å². The van der Waals surface area contributed by atoms with Crippen LogP contribution in [0.2, 0.25) is 0 Å². The summed E-state index contributed by atoms with van der Waals surface area (Å²) in [6, 6.07) is 29.2. The van der Waals surface area contributed by atoms with E-state index in [1.54, 1.807) is 12.2 Å². The second kappa shape index (κ2) is 25.7. The van der Waals surface area contributed by atoms with Crippen LogP contribution < -0.4 is 9.80 Å². The molecule has 62 heavy (non-hydrogen) atoms. The summed E-state index contributed by atoms with van der Waals surface area (Å²) in [4.78, 5) is 37.1. The van der Waals surface area contributed by atoms with Gasteiger partial charge in [-0.3, -0.25) is 9.59 Å². The third-order valence-electron chi connectivity index (χ3n) is 10.5. The van der Waals surface area contributed by atoms with Crippen LogP contribution in [0.5, 0.6) is 0 Å². The molecule has 6 aromatic rings. The highest BCUT2D eigenvalue weighted by Crippen LogP contribution is 2.26. The van der Waals surface area contributed by atoms with Gasteiger partial charge in [0.05, 0.1) is 22.1 Å². The maximum atomic E-state index is 11.5. The van der Waals surface area contributed by atoms with Crippen molar-refractivity contribution in [2.45, 2.75) is 66.7 Å². The Kier molecular flexibility index (Phi) is 20.5. The lowest BCUT2D eigenvalue weighted by Gasteiger charge is -2.23. The van der Waals surface area contributed by atoms with E-state index in [9.17, 15) is 9.59 Å². The zero-order valence-electron chi connectivity index (χ0n) is 37.6. The summed E-state index contributed by atoms with van der Waals surface area (Å²) in [5, 5.41) is 8.78. The van der Waals surface area contributed by atoms with Gasteiger partial charge in [-0.2, -0.15) is 0 Å². The number of alkyl halides is 2. The smallest absolute Gasteiger partial charge is 0.181 e. The summed E-state index contributed by atoms with van der Waals surface area (Å²) >= 11 is 11.9. The molecular formula is C51H64Cl2N6O3. The Bertz CT molecular complexity index is 2200. The molecule has 0 saturated heterocycles. The highest BCUT2D eigenvalue weighted by atomic mass is 35.5. The number of carbonyl (C=O) groups is 2. The van der Waals surface area contributed by atoms with Crippen molar-refractivity contribution >= 4 is 80.4 Å². The number of anilines is 2. The molecular weight excluding hydrogens is 816 g/mol. The summed E-state index contributed by atoms with van der Waals surface area (Å²) in [5.41, 5.74) is 10.9. The van der Waals surface area contributed by atoms with Gasteiger partial charge in [0.1, 0.15) is 18.3 Å². The standard InChI is InChI=1S/C26H33N3O.C23H25Cl2N3O2.C2H6/c1-5-16-29(17-6-2)22-13-15-25-24(19-22)27-26(28(25)4)18-21-10-8-20(9-11-21)12-14-23(30)7-3;1-27-22-9-7-19(28(12-10-24)13-11-25)15-21(22)26-23(27)14-18-4-2-17(3-5-18)6-8-20(30)16-29;1-2/h8-15,19H,5-7,16-18H2,1-4H3;2-9,15,29H,10-14,16H2,1H3;1-2H3/b14-12+;8-6+;. The Morgan fingerprint density at radius 1 is 0.613 bits per heavy atom. The Balaban J connectivity index is 0.000000262. The van der Waals surface area contributed by atoms with Crippen LogP contribution in [0, 0.1) is 0 Å². The van der Waals surface area contributed by atoms with Gasteiger partial charge in [0.15, 0.2) is 11.6 Å². The van der Waals surface area contributed by atoms with Crippen molar-refractivity contribution in [3.8, 4) is 0 Å². The second-order valence-corrected chi connectivity index (χ2v) is 15.6. The van der Waals surface area contributed by atoms with Gasteiger partial charge in [0.2, 0.25) is 0 Å². The van der Waals surface area contributed by atoms with Crippen LogP contribution in [0.1, 0.15) is 87.8 Å². The van der Waals surface area contributed by atoms with E-state index in [0.717, 1.165) is 96.0 Å². The summed E-state index contributed by atoms with van der Waals surface area (Å²) in [6.07, 6.45) is 10.9. The van der Waals surface area contributed by atoms with E-state index in [1.807, 2.05) is 58.2 Å². The Morgan fingerprint density at radius 2 is 1.02 bits per heavy atom. The number of halogens is 2. The van der Waals surface area contributed by atoms with Gasteiger partial charge >= 0.3 is 0 Å². The van der Waals surface area contributed by atoms with Crippen molar-refractivity contribution in [1.82, 2.24) is 19.1 Å². The van der Waals surface area contributed by atoms with Crippen LogP contribution in [0.25, 0.3) is 34.2 Å². The number of benzene rings is 4. The van der Waals surface area contributed by atoms with Crippen molar-refractivity contribution in [2.75, 3.05) is 54.3 Å². The first-order valence-corrected chi connectivity index (χ1v) is 22.9. The monoisotopic (exact) mass is 878 g/mol. The van der Waals surface area contributed by atoms with Crippen LogP contribution in [-0.2, 0) is 36.5 Å². The summed E-state index contributed by atoms with van der Waals surface area (Å²) in [6.45, 7) is 13.5. The van der Waals surface area contributed by atoms with Crippen LogP contribution in [0.15, 0.2) is 97.1 Å². The van der Waals surface area contributed by atoms with Crippen molar-refractivity contribution in [3.05, 3.63) is 131 Å². The molecule has 0 fully saturated rings. The van der Waals surface area contributed by atoms with E-state index in [0.29, 0.717) is 24.6 Å². The second-order valence-electron chi connectivity index (χ2n) is 14.8. The van der Waals surface area contributed by atoms with Crippen LogP contribution >= 0.6 is 23.2 Å². The molecule has 0 unspecified atom stereocenters. The molecule has 330 valence electrons. The van der Waals surface area contributed by atoms with E-state index >= 15 is 0 Å². The average Bonchev–Trinajstić information content (AvgIpc) is 3.78. The quantitative estimate of drug-likeness (QED) is 0.0603. The minimum absolute atomic E-state index is 0.148. The lowest BCUT2D eigenvalue weighted by molar-refractivity contribution is -0.117. The molecule has 0 spiro atoms. The van der Waals surface area contributed by atoms with Crippen molar-refractivity contribution in [1.29, 1.82) is 0 Å². The molecule has 0 bridgehead atoms. The van der Waals surface area contributed by atoms with Gasteiger partial charge in [0.25, 0.3) is 0 Å². The van der Waals surface area contributed by atoms with Crippen LogP contribution in [-0.4, -0.2) is 80.3 Å². The molecule has 0 radical (unpaired) electrons. The number of ketones is 2. The topological polar surface area (TPSA) is 96.5 Å². The summed E-state index contributed by atoms with van der Waals surface area (Å²) in [7, 11) is 4.12. The number of fused-ring (bicyclic) bond motifs is 2. The minimum atomic E-state index is -0.474. The number of imidazole rings is 2. The first kappa shape index (κ1) is 49.4. The molecule has 0 aliphatic heterocycles. The maximum absolute atomic E-state index is 11.5. The largest absolute Gasteiger partial charge is 0.388 e. The summed E-state index contributed by atoms with van der Waals surface area (Å²) < 4.78 is 4.30. The molecule has 6 rings (SSSR count). The highest BCUT2D eigenvalue weighted by Gasteiger charge is 2.14. The molecule has 0 aliphatic carbocycles. The first-order chi connectivity index (χ1) is 30.1. The molecule has 0 amide bonds. The van der Waals surface area contributed by atoms with Crippen LogP contribution in [0.3, 0.4) is 0 Å². The number of aliphatic hydroxyl groups is 1. The number of rotatable bonds is 20. The molecule has 2 heterocycles. The maximum Gasteiger partial charge on any atom is 0.181 e. The molecule has 2 aromatic heterocycles. The normalized spacial score (nSPS) is 11.2. The van der Waals surface area contributed by atoms with Gasteiger partial charge < -0.3 is 24.0 Å². The van der Waals surface area contributed by atoms with Crippen molar-refractivity contribution < 1.29 is 14.7 Å². The number of allylic oxidation sites excluding steroid dienone is 1. The third-order valence-corrected chi connectivity index (χ3v) is 10.8. The van der Waals surface area contributed by atoms with Crippen molar-refractivity contribution in [3.63, 3.8) is 0 Å². The number of aliphatic hydroxyl groups excluding tert-OH is 1. The molecule has 11 heteroatoms. The number of carbonyl (C=O) groups excluding carboxylic acids is 2. The number of aryl methyl sites for hydroxylation is 2. The van der Waals surface area contributed by atoms with Gasteiger partial charge in [0, 0.05) is 82.7 Å². The predicted octanol–water partition coefficient (Wildman–Crippen LogP) is 10.8. The zero-order chi connectivity index (χ0) is 45.0. The fraction of sp³-hybridized carbons (Fsp3) is 0.373. The van der Waals surface area contributed by atoms with Crippen molar-refractivity contribution in [2.24, 2.45) is 14.1 Å². The first-order valence-electron chi connectivity index (χ1n) is 21.8. The SMILES string of the molecule is CC.CCCN(CCC)c1ccc2c(c1)nc(Cc1ccc(/C=C/C(=O)CC)cc1)n2C.Cn1c(Cc2ccc(/C=C/C(=O)CO)cc2)nc2cc(N(CCCl)CCCl)ccc21. The summed E-state index contributed by atoms with van der Waals surface area (Å²) in [5.74, 6) is 2.96. The lowest BCUT2D eigenvalue weighted by atomic mass is 10.1. The van der Waals surface area contributed by atoms with Gasteiger partial charge in [-0.25, -0.2) is 9.97 Å². The zero-order valence-corrected chi connectivity index (χ0v) is 39.1. The molecule has 0 saturated carbocycles. The predicted molar refractivity (Wildman–Crippen MR) is 263 cm³/mol. The lowest BCUT2D eigenvalue weighted by Crippen LogP contribution is -2.27. The Morgan fingerprint density at radius 3 is 1.39 bits per heavy atom. The molecule has 4 aromatic carbocycles. The Labute approximate surface area is 378 Å². The third kappa shape index (κ3) is 13.9. The number of nitrogens with zero attached hydrogens (tertiary/aromatic N) is 6. The van der Waals surface area contributed by atoms with Gasteiger partial charge in [-0.05, 0) is 83.6 Å². The number of hydrogen-bond donors (Lipinski definition) is 1. The molecule has 9 nitrogen and oxygen atoms in total. The van der Waals surface area contributed by atoms with E-state index in [-0.39, 0.29) is 11.6 Å². The van der Waals surface area contributed by atoms with E-state index in [1.165, 1.54) is 22.8 Å². The molecule has 0 atom stereocenters. The molecule has 1 N–H and O–H groups in total. The minimum Gasteiger partial charge on any atom is -0.388 e. The van der Waals surface area contributed by atoms with E-state index < -0.39 is 6.61 Å².